The van der Waals surface area contributed by atoms with Gasteiger partial charge in [-0.1, -0.05) is 18.2 Å². The van der Waals surface area contributed by atoms with Crippen molar-refractivity contribution >= 4 is 11.7 Å². The number of non-ortho nitro benzene ring substituents is 1. The normalized spacial score (nSPS) is 9.95. The van der Waals surface area contributed by atoms with Gasteiger partial charge in [0.2, 0.25) is 0 Å². The van der Waals surface area contributed by atoms with E-state index in [1.165, 1.54) is 19.2 Å². The summed E-state index contributed by atoms with van der Waals surface area (Å²) in [5, 5.41) is 10.7. The maximum atomic E-state index is 11.1. The smallest absolute Gasteiger partial charge is 0.309 e. The van der Waals surface area contributed by atoms with Gasteiger partial charge in [0.25, 0.3) is 5.69 Å². The second-order valence-electron chi connectivity index (χ2n) is 4.25. The number of nitro benzene ring substituents is 1. The Morgan fingerprint density at radius 2 is 1.86 bits per heavy atom. The van der Waals surface area contributed by atoms with Crippen LogP contribution in [-0.4, -0.2) is 18.0 Å². The van der Waals surface area contributed by atoms with Crippen LogP contribution in [0.3, 0.4) is 0 Å². The molecule has 6 nitrogen and oxygen atoms in total. The van der Waals surface area contributed by atoms with E-state index in [1.807, 2.05) is 0 Å². The van der Waals surface area contributed by atoms with Crippen molar-refractivity contribution in [2.75, 3.05) is 7.11 Å². The Bertz CT molecular complexity index is 651. The molecule has 0 fully saturated rings. The molecule has 0 bridgehead atoms. The molecule has 6 heteroatoms. The van der Waals surface area contributed by atoms with E-state index in [1.54, 1.807) is 36.4 Å². The first-order chi connectivity index (χ1) is 10.1. The Morgan fingerprint density at radius 1 is 1.14 bits per heavy atom. The van der Waals surface area contributed by atoms with E-state index in [9.17, 15) is 14.9 Å². The molecule has 2 aromatic carbocycles. The molecule has 0 spiro atoms. The molecule has 108 valence electrons. The van der Waals surface area contributed by atoms with Gasteiger partial charge in [-0.25, -0.2) is 0 Å². The van der Waals surface area contributed by atoms with Gasteiger partial charge in [-0.3, -0.25) is 14.9 Å². The van der Waals surface area contributed by atoms with E-state index in [-0.39, 0.29) is 18.1 Å². The van der Waals surface area contributed by atoms with Gasteiger partial charge in [0, 0.05) is 6.07 Å². The highest BCUT2D eigenvalue weighted by molar-refractivity contribution is 5.72. The number of carbonyl (C=O) groups is 1. The van der Waals surface area contributed by atoms with Crippen molar-refractivity contribution in [3.8, 4) is 11.5 Å². The minimum absolute atomic E-state index is 0.0326. The zero-order chi connectivity index (χ0) is 15.2. The second kappa shape index (κ2) is 6.51. The minimum atomic E-state index is -0.480. The zero-order valence-corrected chi connectivity index (χ0v) is 11.3. The molecule has 0 saturated heterocycles. The number of methoxy groups -OCH3 is 1. The van der Waals surface area contributed by atoms with Crippen LogP contribution >= 0.6 is 0 Å². The molecule has 0 N–H and O–H groups in total. The molecular formula is C15H13NO5. The third-order valence-corrected chi connectivity index (χ3v) is 2.76. The van der Waals surface area contributed by atoms with Gasteiger partial charge in [0.1, 0.15) is 11.5 Å². The summed E-state index contributed by atoms with van der Waals surface area (Å²) in [5.74, 6) is 0.594. The standard InChI is InChI=1S/C15H13NO5/c1-20-15(17)9-11-5-7-13(8-6-11)21-14-4-2-3-12(10-14)16(18)19/h2-8,10H,9H2,1H3. The van der Waals surface area contributed by atoms with Crippen LogP contribution in [-0.2, 0) is 16.0 Å². The summed E-state index contributed by atoms with van der Waals surface area (Å²) in [7, 11) is 1.34. The molecule has 2 aromatic rings. The van der Waals surface area contributed by atoms with E-state index in [0.29, 0.717) is 11.5 Å². The summed E-state index contributed by atoms with van der Waals surface area (Å²) in [6.07, 6.45) is 0.188. The molecule has 0 aliphatic heterocycles. The molecule has 0 aliphatic rings. The van der Waals surface area contributed by atoms with Gasteiger partial charge in [-0.05, 0) is 23.8 Å². The summed E-state index contributed by atoms with van der Waals surface area (Å²) in [5.41, 5.74) is 0.767. The highest BCUT2D eigenvalue weighted by Crippen LogP contribution is 2.25. The van der Waals surface area contributed by atoms with Gasteiger partial charge >= 0.3 is 5.97 Å². The highest BCUT2D eigenvalue weighted by Gasteiger charge is 2.07. The van der Waals surface area contributed by atoms with E-state index in [2.05, 4.69) is 4.74 Å². The van der Waals surface area contributed by atoms with Gasteiger partial charge < -0.3 is 9.47 Å². The molecule has 21 heavy (non-hydrogen) atoms. The van der Waals surface area contributed by atoms with Crippen LogP contribution in [0, 0.1) is 10.1 Å². The minimum Gasteiger partial charge on any atom is -0.469 e. The summed E-state index contributed by atoms with van der Waals surface area (Å²) >= 11 is 0. The van der Waals surface area contributed by atoms with Gasteiger partial charge in [-0.2, -0.15) is 0 Å². The Morgan fingerprint density at radius 3 is 2.48 bits per heavy atom. The van der Waals surface area contributed by atoms with Crippen molar-refractivity contribution in [1.29, 1.82) is 0 Å². The Hall–Kier alpha value is -2.89. The van der Waals surface area contributed by atoms with Crippen molar-refractivity contribution in [3.05, 3.63) is 64.2 Å². The second-order valence-corrected chi connectivity index (χ2v) is 4.25. The topological polar surface area (TPSA) is 78.7 Å². The zero-order valence-electron chi connectivity index (χ0n) is 11.3. The molecule has 0 radical (unpaired) electrons. The summed E-state index contributed by atoms with van der Waals surface area (Å²) < 4.78 is 10.1. The molecule has 0 atom stereocenters. The Labute approximate surface area is 121 Å². The van der Waals surface area contributed by atoms with Crippen LogP contribution in [0.2, 0.25) is 0 Å². The summed E-state index contributed by atoms with van der Waals surface area (Å²) in [6.45, 7) is 0. The van der Waals surface area contributed by atoms with Gasteiger partial charge in [-0.15, -0.1) is 0 Å². The number of esters is 1. The van der Waals surface area contributed by atoms with Crippen molar-refractivity contribution < 1.29 is 19.2 Å². The average molecular weight is 287 g/mol. The molecule has 2 rings (SSSR count). The summed E-state index contributed by atoms with van der Waals surface area (Å²) in [6, 6.07) is 12.8. The lowest BCUT2D eigenvalue weighted by molar-refractivity contribution is -0.384. The van der Waals surface area contributed by atoms with Crippen LogP contribution in [0.1, 0.15) is 5.56 Å². The monoisotopic (exact) mass is 287 g/mol. The van der Waals surface area contributed by atoms with Gasteiger partial charge in [0.15, 0.2) is 0 Å². The third kappa shape index (κ3) is 4.04. The fourth-order valence-corrected chi connectivity index (χ4v) is 1.71. The van der Waals surface area contributed by atoms with Crippen LogP contribution in [0.5, 0.6) is 11.5 Å². The number of rotatable bonds is 5. The molecule has 0 unspecified atom stereocenters. The molecule has 0 saturated carbocycles. The van der Waals surface area contributed by atoms with E-state index in [0.717, 1.165) is 5.56 Å². The Balaban J connectivity index is 2.08. The number of hydrogen-bond donors (Lipinski definition) is 0. The first-order valence-electron chi connectivity index (χ1n) is 6.16. The quantitative estimate of drug-likeness (QED) is 0.479. The predicted molar refractivity (Wildman–Crippen MR) is 75.3 cm³/mol. The van der Waals surface area contributed by atoms with Gasteiger partial charge in [0.05, 0.1) is 24.5 Å². The predicted octanol–water partition coefficient (Wildman–Crippen LogP) is 3.10. The molecular weight excluding hydrogens is 274 g/mol. The molecule has 0 aliphatic carbocycles. The SMILES string of the molecule is COC(=O)Cc1ccc(Oc2cccc([N+](=O)[O-])c2)cc1. The molecule has 0 heterocycles. The Kier molecular flexibility index (Phi) is 4.50. The fourth-order valence-electron chi connectivity index (χ4n) is 1.71. The number of carbonyl (C=O) groups excluding carboxylic acids is 1. The lowest BCUT2D eigenvalue weighted by atomic mass is 10.1. The number of benzene rings is 2. The maximum absolute atomic E-state index is 11.1. The van der Waals surface area contributed by atoms with Crippen LogP contribution in [0.15, 0.2) is 48.5 Å². The molecule has 0 aromatic heterocycles. The number of hydrogen-bond acceptors (Lipinski definition) is 5. The van der Waals surface area contributed by atoms with Crippen LogP contribution < -0.4 is 4.74 Å². The number of ether oxygens (including phenoxy) is 2. The fraction of sp³-hybridized carbons (Fsp3) is 0.133. The summed E-state index contributed by atoms with van der Waals surface area (Å²) in [4.78, 5) is 21.3. The lowest BCUT2D eigenvalue weighted by Crippen LogP contribution is -2.04. The third-order valence-electron chi connectivity index (χ3n) is 2.76. The van der Waals surface area contributed by atoms with E-state index < -0.39 is 4.92 Å². The maximum Gasteiger partial charge on any atom is 0.309 e. The van der Waals surface area contributed by atoms with Crippen molar-refractivity contribution in [2.24, 2.45) is 0 Å². The molecule has 0 amide bonds. The van der Waals surface area contributed by atoms with E-state index >= 15 is 0 Å². The van der Waals surface area contributed by atoms with Crippen molar-refractivity contribution in [2.45, 2.75) is 6.42 Å². The average Bonchev–Trinajstić information content (AvgIpc) is 2.49. The first kappa shape index (κ1) is 14.5. The van der Waals surface area contributed by atoms with Crippen LogP contribution in [0.25, 0.3) is 0 Å². The number of nitro groups is 1. The number of nitrogens with zero attached hydrogens (tertiary/aromatic N) is 1. The largest absolute Gasteiger partial charge is 0.469 e. The first-order valence-corrected chi connectivity index (χ1v) is 6.16. The van der Waals surface area contributed by atoms with E-state index in [4.69, 9.17) is 4.74 Å². The van der Waals surface area contributed by atoms with Crippen molar-refractivity contribution in [1.82, 2.24) is 0 Å². The lowest BCUT2D eigenvalue weighted by Gasteiger charge is -2.06. The van der Waals surface area contributed by atoms with Crippen molar-refractivity contribution in [3.63, 3.8) is 0 Å². The highest BCUT2D eigenvalue weighted by atomic mass is 16.6. The van der Waals surface area contributed by atoms with Crippen LogP contribution in [0.4, 0.5) is 5.69 Å².